The summed E-state index contributed by atoms with van der Waals surface area (Å²) in [4.78, 5) is 0.474. The third-order valence-electron chi connectivity index (χ3n) is 5.85. The molecule has 0 spiro atoms. The summed E-state index contributed by atoms with van der Waals surface area (Å²) in [5.41, 5.74) is 3.00. The number of rotatable bonds is 2. The standard InChI is InChI=1S/C19H22O2S/c1-12-10-17(22(20,21)16-6-4-3-5-7-16)13(2)19-15-9-8-14(11-15)18(12)19/h3-9,12-15,17H,10-11H2,1-2H3/t12-,13+,14+,15+,17-/m1/s1. The van der Waals surface area contributed by atoms with Gasteiger partial charge in [0.05, 0.1) is 10.1 Å². The van der Waals surface area contributed by atoms with E-state index in [1.807, 2.05) is 18.2 Å². The Labute approximate surface area is 132 Å². The second-order valence-electron chi connectivity index (χ2n) is 7.07. The predicted molar refractivity (Wildman–Crippen MR) is 88.1 cm³/mol. The van der Waals surface area contributed by atoms with E-state index in [2.05, 4.69) is 26.0 Å². The molecule has 0 amide bonds. The van der Waals surface area contributed by atoms with E-state index >= 15 is 0 Å². The minimum absolute atomic E-state index is 0.136. The molecule has 3 heteroatoms. The highest BCUT2D eigenvalue weighted by atomic mass is 32.2. The Morgan fingerprint density at radius 2 is 1.55 bits per heavy atom. The van der Waals surface area contributed by atoms with Gasteiger partial charge in [0.15, 0.2) is 9.84 Å². The lowest BCUT2D eigenvalue weighted by molar-refractivity contribution is 0.427. The van der Waals surface area contributed by atoms with Crippen molar-refractivity contribution in [3.05, 3.63) is 53.6 Å². The summed E-state index contributed by atoms with van der Waals surface area (Å²) in [7, 11) is -3.26. The Bertz CT molecular complexity index is 758. The van der Waals surface area contributed by atoms with E-state index in [0.717, 1.165) is 6.42 Å². The number of hydrogen-bond donors (Lipinski definition) is 0. The van der Waals surface area contributed by atoms with Crippen molar-refractivity contribution in [2.75, 3.05) is 0 Å². The lowest BCUT2D eigenvalue weighted by Crippen LogP contribution is -2.37. The second kappa shape index (κ2) is 4.82. The van der Waals surface area contributed by atoms with Gasteiger partial charge < -0.3 is 0 Å². The van der Waals surface area contributed by atoms with Crippen LogP contribution in [0.25, 0.3) is 0 Å². The highest BCUT2D eigenvalue weighted by Crippen LogP contribution is 2.55. The van der Waals surface area contributed by atoms with E-state index in [1.54, 1.807) is 17.7 Å². The number of allylic oxidation sites excluding steroid dienone is 4. The molecule has 0 fully saturated rings. The first-order valence-electron chi connectivity index (χ1n) is 8.21. The quantitative estimate of drug-likeness (QED) is 0.773. The molecule has 1 aromatic rings. The van der Waals surface area contributed by atoms with Crippen molar-refractivity contribution in [2.45, 2.75) is 36.8 Å². The lowest BCUT2D eigenvalue weighted by Gasteiger charge is -2.37. The van der Waals surface area contributed by atoms with Gasteiger partial charge in [-0.1, -0.05) is 55.3 Å². The maximum Gasteiger partial charge on any atom is 0.181 e. The van der Waals surface area contributed by atoms with Crippen LogP contribution in [0.1, 0.15) is 26.7 Å². The van der Waals surface area contributed by atoms with E-state index in [1.165, 1.54) is 12.0 Å². The zero-order valence-electron chi connectivity index (χ0n) is 13.1. The minimum Gasteiger partial charge on any atom is -0.223 e. The number of fused-ring (bicyclic) bond motifs is 4. The molecule has 5 atom stereocenters. The van der Waals surface area contributed by atoms with E-state index < -0.39 is 9.84 Å². The monoisotopic (exact) mass is 314 g/mol. The molecule has 116 valence electrons. The van der Waals surface area contributed by atoms with Gasteiger partial charge in [-0.2, -0.15) is 0 Å². The highest BCUT2D eigenvalue weighted by molar-refractivity contribution is 7.92. The largest absolute Gasteiger partial charge is 0.223 e. The van der Waals surface area contributed by atoms with E-state index in [4.69, 9.17) is 0 Å². The Hall–Kier alpha value is -1.35. The van der Waals surface area contributed by atoms with Crippen LogP contribution >= 0.6 is 0 Å². The van der Waals surface area contributed by atoms with Crippen LogP contribution in [0.2, 0.25) is 0 Å². The van der Waals surface area contributed by atoms with Crippen molar-refractivity contribution in [2.24, 2.45) is 23.7 Å². The van der Waals surface area contributed by atoms with Gasteiger partial charge in [0, 0.05) is 0 Å². The molecule has 1 aromatic carbocycles. The zero-order valence-corrected chi connectivity index (χ0v) is 13.9. The Kier molecular flexibility index (Phi) is 3.12. The SMILES string of the molecule is C[C@@H]1C[C@@H](S(=O)(=O)c2ccccc2)[C@H](C)C2=C1[C@H]1C=C[C@H]2C1. The van der Waals surface area contributed by atoms with Crippen molar-refractivity contribution < 1.29 is 8.42 Å². The molecule has 0 saturated carbocycles. The van der Waals surface area contributed by atoms with Crippen molar-refractivity contribution in [3.63, 3.8) is 0 Å². The van der Waals surface area contributed by atoms with E-state index in [9.17, 15) is 8.42 Å². The summed E-state index contributed by atoms with van der Waals surface area (Å²) in [6.45, 7) is 4.34. The first-order chi connectivity index (χ1) is 10.5. The molecule has 0 aliphatic heterocycles. The van der Waals surface area contributed by atoms with Crippen LogP contribution in [0.3, 0.4) is 0 Å². The number of hydrogen-bond acceptors (Lipinski definition) is 2. The third kappa shape index (κ3) is 1.88. The summed E-state index contributed by atoms with van der Waals surface area (Å²) >= 11 is 0. The van der Waals surface area contributed by atoms with E-state index in [-0.39, 0.29) is 11.2 Å². The normalized spacial score (nSPS) is 36.7. The molecule has 0 saturated heterocycles. The van der Waals surface area contributed by atoms with Crippen molar-refractivity contribution in [1.29, 1.82) is 0 Å². The summed E-state index contributed by atoms with van der Waals surface area (Å²) in [6.07, 6.45) is 6.56. The van der Waals surface area contributed by atoms with Gasteiger partial charge in [0.1, 0.15) is 0 Å². The lowest BCUT2D eigenvalue weighted by atomic mass is 9.73. The van der Waals surface area contributed by atoms with Crippen LogP contribution in [0, 0.1) is 23.7 Å². The summed E-state index contributed by atoms with van der Waals surface area (Å²) in [6, 6.07) is 8.96. The van der Waals surface area contributed by atoms with Gasteiger partial charge in [0.2, 0.25) is 0 Å². The highest BCUT2D eigenvalue weighted by Gasteiger charge is 2.48. The second-order valence-corrected chi connectivity index (χ2v) is 9.23. The van der Waals surface area contributed by atoms with Gasteiger partial charge in [0.25, 0.3) is 0 Å². The molecule has 0 unspecified atom stereocenters. The molecule has 22 heavy (non-hydrogen) atoms. The van der Waals surface area contributed by atoms with Crippen molar-refractivity contribution in [3.8, 4) is 0 Å². The Morgan fingerprint density at radius 3 is 2.23 bits per heavy atom. The van der Waals surface area contributed by atoms with E-state index in [0.29, 0.717) is 22.6 Å². The Balaban J connectivity index is 1.75. The molecule has 3 aliphatic rings. The average molecular weight is 314 g/mol. The molecule has 0 N–H and O–H groups in total. The molecule has 3 aliphatic carbocycles. The summed E-state index contributed by atoms with van der Waals surface area (Å²) in [5, 5.41) is -0.281. The molecule has 0 heterocycles. The molecule has 0 aromatic heterocycles. The fraction of sp³-hybridized carbons (Fsp3) is 0.474. The average Bonchev–Trinajstić information content (AvgIpc) is 3.13. The summed E-state index contributed by atoms with van der Waals surface area (Å²) < 4.78 is 26.2. The van der Waals surface area contributed by atoms with Crippen LogP contribution in [0.4, 0.5) is 0 Å². The van der Waals surface area contributed by atoms with Crippen LogP contribution < -0.4 is 0 Å². The van der Waals surface area contributed by atoms with Gasteiger partial charge in [-0.05, 0) is 48.6 Å². The Morgan fingerprint density at radius 1 is 0.909 bits per heavy atom. The first-order valence-corrected chi connectivity index (χ1v) is 9.76. The smallest absolute Gasteiger partial charge is 0.181 e. The van der Waals surface area contributed by atoms with Crippen molar-refractivity contribution >= 4 is 9.84 Å². The molecule has 0 radical (unpaired) electrons. The minimum atomic E-state index is -3.26. The van der Waals surface area contributed by atoms with Gasteiger partial charge >= 0.3 is 0 Å². The fourth-order valence-corrected chi connectivity index (χ4v) is 7.01. The third-order valence-corrected chi connectivity index (χ3v) is 8.18. The number of sulfone groups is 1. The summed E-state index contributed by atoms with van der Waals surface area (Å²) in [5.74, 6) is 1.59. The maximum absolute atomic E-state index is 13.1. The topological polar surface area (TPSA) is 34.1 Å². The van der Waals surface area contributed by atoms with Gasteiger partial charge in [-0.3, -0.25) is 0 Å². The molecule has 4 rings (SSSR count). The van der Waals surface area contributed by atoms with Crippen LogP contribution in [-0.4, -0.2) is 13.7 Å². The zero-order chi connectivity index (χ0) is 15.5. The molecule has 2 nitrogen and oxygen atoms in total. The molecular formula is C19H22O2S. The van der Waals surface area contributed by atoms with Crippen molar-refractivity contribution in [1.82, 2.24) is 0 Å². The van der Waals surface area contributed by atoms with Crippen LogP contribution in [0.15, 0.2) is 58.5 Å². The number of benzene rings is 1. The van der Waals surface area contributed by atoms with Crippen LogP contribution in [-0.2, 0) is 9.84 Å². The van der Waals surface area contributed by atoms with Gasteiger partial charge in [-0.15, -0.1) is 0 Å². The first kappa shape index (κ1) is 14.3. The molecular weight excluding hydrogens is 292 g/mol. The molecule has 2 bridgehead atoms. The van der Waals surface area contributed by atoms with Crippen LogP contribution in [0.5, 0.6) is 0 Å². The predicted octanol–water partition coefficient (Wildman–Crippen LogP) is 4.01. The van der Waals surface area contributed by atoms with Gasteiger partial charge in [-0.25, -0.2) is 8.42 Å². The fourth-order valence-electron chi connectivity index (χ4n) is 4.90. The maximum atomic E-state index is 13.1.